The second-order valence-electron chi connectivity index (χ2n) is 3.52. The summed E-state index contributed by atoms with van der Waals surface area (Å²) < 4.78 is 20.8. The molecule has 5 nitrogen and oxygen atoms in total. The van der Waals surface area contributed by atoms with E-state index in [1.54, 1.807) is 12.1 Å². The highest BCUT2D eigenvalue weighted by Gasteiger charge is 2.21. The fourth-order valence-corrected chi connectivity index (χ4v) is 2.17. The quantitative estimate of drug-likeness (QED) is 0.794. The van der Waals surface area contributed by atoms with Crippen molar-refractivity contribution in [3.8, 4) is 11.5 Å². The van der Waals surface area contributed by atoms with Gasteiger partial charge in [-0.25, -0.2) is 4.57 Å². The van der Waals surface area contributed by atoms with Gasteiger partial charge in [0.1, 0.15) is 11.5 Å². The Balaban J connectivity index is 3.28. The maximum Gasteiger partial charge on any atom is 0.524 e. The molecule has 0 radical (unpaired) electrons. The number of hydrogen-bond acceptors (Lipinski definition) is 3. The summed E-state index contributed by atoms with van der Waals surface area (Å²) in [6.07, 6.45) is 1.36. The van der Waals surface area contributed by atoms with Crippen LogP contribution < -0.4 is 9.26 Å². The molecule has 6 heteroatoms. The van der Waals surface area contributed by atoms with Crippen molar-refractivity contribution in [3.63, 3.8) is 0 Å². The fraction of sp³-hybridized carbons (Fsp3) is 0.455. The van der Waals surface area contributed by atoms with Crippen LogP contribution in [0.3, 0.4) is 0 Å². The molecule has 0 heterocycles. The third-order valence-electron chi connectivity index (χ3n) is 2.45. The summed E-state index contributed by atoms with van der Waals surface area (Å²) in [5.74, 6) is 0.816. The lowest BCUT2D eigenvalue weighted by atomic mass is 10.0. The van der Waals surface area contributed by atoms with E-state index in [1.807, 2.05) is 13.8 Å². The van der Waals surface area contributed by atoms with Gasteiger partial charge in [0.05, 0.1) is 7.11 Å². The molecule has 0 aliphatic carbocycles. The molecule has 0 aliphatic heterocycles. The molecule has 1 rings (SSSR count). The zero-order chi connectivity index (χ0) is 13.1. The highest BCUT2D eigenvalue weighted by molar-refractivity contribution is 7.46. The molecular weight excluding hydrogens is 243 g/mol. The topological polar surface area (TPSA) is 76.0 Å². The first-order valence-corrected chi connectivity index (χ1v) is 6.89. The molecule has 0 amide bonds. The number of rotatable bonds is 5. The van der Waals surface area contributed by atoms with Gasteiger partial charge >= 0.3 is 7.82 Å². The van der Waals surface area contributed by atoms with Crippen LogP contribution in [-0.2, 0) is 17.4 Å². The molecule has 0 unspecified atom stereocenters. The summed E-state index contributed by atoms with van der Waals surface area (Å²) >= 11 is 0. The second-order valence-corrected chi connectivity index (χ2v) is 4.69. The van der Waals surface area contributed by atoms with Crippen molar-refractivity contribution >= 4 is 7.82 Å². The SMILES string of the molecule is CCc1ccc(OP(=O)(O)O)c(CC)c1OC. The first-order valence-electron chi connectivity index (χ1n) is 5.36. The van der Waals surface area contributed by atoms with E-state index >= 15 is 0 Å². The number of phosphoric acid groups is 1. The number of ether oxygens (including phenoxy) is 1. The van der Waals surface area contributed by atoms with Gasteiger partial charge in [0, 0.05) is 5.56 Å². The predicted octanol–water partition coefficient (Wildman–Crippen LogP) is 2.29. The van der Waals surface area contributed by atoms with Crippen molar-refractivity contribution in [1.29, 1.82) is 0 Å². The molecule has 1 aromatic carbocycles. The van der Waals surface area contributed by atoms with Gasteiger partial charge < -0.3 is 9.26 Å². The maximum atomic E-state index is 10.9. The van der Waals surface area contributed by atoms with Gasteiger partial charge in [-0.3, -0.25) is 9.79 Å². The summed E-state index contributed by atoms with van der Waals surface area (Å²) in [6, 6.07) is 3.32. The zero-order valence-corrected chi connectivity index (χ0v) is 11.0. The summed E-state index contributed by atoms with van der Waals surface area (Å²) in [5.41, 5.74) is 1.66. The van der Waals surface area contributed by atoms with Crippen molar-refractivity contribution in [2.45, 2.75) is 26.7 Å². The molecule has 0 aliphatic rings. The van der Waals surface area contributed by atoms with Crippen LogP contribution >= 0.6 is 7.82 Å². The molecule has 96 valence electrons. The van der Waals surface area contributed by atoms with E-state index in [1.165, 1.54) is 7.11 Å². The maximum absolute atomic E-state index is 10.9. The third kappa shape index (κ3) is 3.46. The Bertz CT molecular complexity index is 438. The fourth-order valence-electron chi connectivity index (χ4n) is 1.74. The van der Waals surface area contributed by atoms with E-state index < -0.39 is 7.82 Å². The Morgan fingerprint density at radius 3 is 2.29 bits per heavy atom. The van der Waals surface area contributed by atoms with Crippen LogP contribution in [0.4, 0.5) is 0 Å². The average Bonchev–Trinajstić information content (AvgIpc) is 2.26. The van der Waals surface area contributed by atoms with Crippen molar-refractivity contribution in [2.75, 3.05) is 7.11 Å². The van der Waals surface area contributed by atoms with Gasteiger partial charge in [-0.05, 0) is 24.5 Å². The smallest absolute Gasteiger partial charge is 0.496 e. The van der Waals surface area contributed by atoms with Crippen LogP contribution in [0.2, 0.25) is 0 Å². The van der Waals surface area contributed by atoms with E-state index in [0.29, 0.717) is 17.7 Å². The number of methoxy groups -OCH3 is 1. The summed E-state index contributed by atoms with van der Waals surface area (Å²) in [7, 11) is -3.00. The van der Waals surface area contributed by atoms with E-state index in [4.69, 9.17) is 14.5 Å². The largest absolute Gasteiger partial charge is 0.524 e. The second kappa shape index (κ2) is 5.54. The van der Waals surface area contributed by atoms with Crippen LogP contribution in [0, 0.1) is 0 Å². The molecule has 17 heavy (non-hydrogen) atoms. The lowest BCUT2D eigenvalue weighted by Crippen LogP contribution is -2.00. The molecule has 0 aromatic heterocycles. The van der Waals surface area contributed by atoms with Gasteiger partial charge in [-0.1, -0.05) is 19.9 Å². The Morgan fingerprint density at radius 2 is 1.88 bits per heavy atom. The van der Waals surface area contributed by atoms with E-state index in [-0.39, 0.29) is 5.75 Å². The van der Waals surface area contributed by atoms with Gasteiger partial charge in [0.2, 0.25) is 0 Å². The van der Waals surface area contributed by atoms with Crippen molar-refractivity contribution in [3.05, 3.63) is 23.3 Å². The number of hydrogen-bond donors (Lipinski definition) is 2. The molecule has 0 spiro atoms. The van der Waals surface area contributed by atoms with Crippen LogP contribution in [0.1, 0.15) is 25.0 Å². The van der Waals surface area contributed by atoms with Crippen molar-refractivity contribution in [1.82, 2.24) is 0 Å². The van der Waals surface area contributed by atoms with Gasteiger partial charge in [0.25, 0.3) is 0 Å². The lowest BCUT2D eigenvalue weighted by molar-refractivity contribution is 0.281. The summed E-state index contributed by atoms with van der Waals surface area (Å²) in [5, 5.41) is 0. The molecular formula is C11H17O5P. The first kappa shape index (κ1) is 14.0. The summed E-state index contributed by atoms with van der Waals surface area (Å²) in [4.78, 5) is 17.7. The number of benzene rings is 1. The highest BCUT2D eigenvalue weighted by Crippen LogP contribution is 2.42. The van der Waals surface area contributed by atoms with Crippen molar-refractivity contribution < 1.29 is 23.6 Å². The molecule has 1 aromatic rings. The number of phosphoric ester groups is 1. The van der Waals surface area contributed by atoms with Crippen LogP contribution in [0.25, 0.3) is 0 Å². The van der Waals surface area contributed by atoms with E-state index in [9.17, 15) is 4.57 Å². The minimum Gasteiger partial charge on any atom is -0.496 e. The minimum absolute atomic E-state index is 0.176. The minimum atomic E-state index is -4.54. The molecule has 0 atom stereocenters. The van der Waals surface area contributed by atoms with E-state index in [0.717, 1.165) is 12.0 Å². The number of aryl methyl sites for hydroxylation is 1. The predicted molar refractivity (Wildman–Crippen MR) is 64.4 cm³/mol. The first-order chi connectivity index (χ1) is 7.92. The monoisotopic (exact) mass is 260 g/mol. The average molecular weight is 260 g/mol. The standard InChI is InChI=1S/C11H17O5P/c1-4-8-6-7-10(16-17(12,13)14)9(5-2)11(8)15-3/h6-7H,4-5H2,1-3H3,(H2,12,13,14). The summed E-state index contributed by atoms with van der Waals surface area (Å²) in [6.45, 7) is 3.87. The normalized spacial score (nSPS) is 11.4. The van der Waals surface area contributed by atoms with Crippen LogP contribution in [0.15, 0.2) is 12.1 Å². The Kier molecular flexibility index (Phi) is 4.57. The Hall–Kier alpha value is -1.03. The Morgan fingerprint density at radius 1 is 1.24 bits per heavy atom. The van der Waals surface area contributed by atoms with Gasteiger partial charge in [-0.15, -0.1) is 0 Å². The van der Waals surface area contributed by atoms with Crippen molar-refractivity contribution in [2.24, 2.45) is 0 Å². The third-order valence-corrected chi connectivity index (χ3v) is 2.89. The van der Waals surface area contributed by atoms with Crippen LogP contribution in [-0.4, -0.2) is 16.9 Å². The molecule has 0 saturated heterocycles. The Labute approximate surface area is 101 Å². The zero-order valence-electron chi connectivity index (χ0n) is 10.1. The van der Waals surface area contributed by atoms with E-state index in [2.05, 4.69) is 4.52 Å². The molecule has 0 bridgehead atoms. The van der Waals surface area contributed by atoms with Crippen LogP contribution in [0.5, 0.6) is 11.5 Å². The van der Waals surface area contributed by atoms with Gasteiger partial charge in [-0.2, -0.15) is 0 Å². The highest BCUT2D eigenvalue weighted by atomic mass is 31.2. The molecule has 2 N–H and O–H groups in total. The molecule has 0 fully saturated rings. The van der Waals surface area contributed by atoms with Gasteiger partial charge in [0.15, 0.2) is 0 Å². The molecule has 0 saturated carbocycles. The lowest BCUT2D eigenvalue weighted by Gasteiger charge is -2.16.